The van der Waals surface area contributed by atoms with Crippen LogP contribution in [-0.4, -0.2) is 35.4 Å². The van der Waals surface area contributed by atoms with E-state index < -0.39 is 17.7 Å². The molecule has 1 aliphatic heterocycles. The summed E-state index contributed by atoms with van der Waals surface area (Å²) >= 11 is 0. The number of likely N-dealkylation sites (tertiary alicyclic amines) is 1. The number of nitrogens with zero attached hydrogens (tertiary/aromatic N) is 1. The number of furan rings is 1. The van der Waals surface area contributed by atoms with Crippen LogP contribution >= 0.6 is 0 Å². The Morgan fingerprint density at radius 1 is 1.06 bits per heavy atom. The van der Waals surface area contributed by atoms with Crippen molar-refractivity contribution < 1.29 is 28.6 Å². The number of ketones is 1. The fourth-order valence-electron chi connectivity index (χ4n) is 3.79. The molecule has 1 atom stereocenters. The second kappa shape index (κ2) is 9.01. The fraction of sp³-hybridized carbons (Fsp3) is 0.200. The van der Waals surface area contributed by atoms with E-state index in [0.717, 1.165) is 5.56 Å². The number of rotatable bonds is 7. The highest BCUT2D eigenvalue weighted by Gasteiger charge is 2.47. The number of aliphatic hydroxyl groups is 1. The molecular formula is C25H23NO6. The first-order chi connectivity index (χ1) is 15.5. The quantitative estimate of drug-likeness (QED) is 0.339. The number of hydrogen-bond acceptors (Lipinski definition) is 6. The van der Waals surface area contributed by atoms with Gasteiger partial charge in [-0.15, -0.1) is 0 Å². The van der Waals surface area contributed by atoms with Gasteiger partial charge in [0.25, 0.3) is 11.7 Å². The van der Waals surface area contributed by atoms with Gasteiger partial charge in [0.05, 0.1) is 25.6 Å². The van der Waals surface area contributed by atoms with Crippen LogP contribution in [0.1, 0.15) is 29.9 Å². The molecule has 2 aromatic carbocycles. The smallest absolute Gasteiger partial charge is 0.296 e. The molecule has 1 N–H and O–H groups in total. The Kier molecular flexibility index (Phi) is 5.98. The molecule has 0 saturated carbocycles. The van der Waals surface area contributed by atoms with Crippen LogP contribution in [0, 0.1) is 0 Å². The Bertz CT molecular complexity index is 1150. The van der Waals surface area contributed by atoms with E-state index in [2.05, 4.69) is 0 Å². The summed E-state index contributed by atoms with van der Waals surface area (Å²) in [6, 6.07) is 16.4. The molecule has 164 valence electrons. The van der Waals surface area contributed by atoms with E-state index in [9.17, 15) is 14.7 Å². The SMILES string of the molecule is CCOc1cccc(CN2C(=O)C(=O)/C(=C(\O)c3ccc(OC)cc3)C2c2ccco2)c1. The molecule has 7 heteroatoms. The molecule has 1 saturated heterocycles. The maximum atomic E-state index is 13.0. The summed E-state index contributed by atoms with van der Waals surface area (Å²) in [5, 5.41) is 11.0. The van der Waals surface area contributed by atoms with E-state index in [0.29, 0.717) is 29.4 Å². The fourth-order valence-corrected chi connectivity index (χ4v) is 3.79. The van der Waals surface area contributed by atoms with Gasteiger partial charge in [0.2, 0.25) is 0 Å². The van der Waals surface area contributed by atoms with Crippen LogP contribution in [0.15, 0.2) is 76.9 Å². The van der Waals surface area contributed by atoms with E-state index in [-0.39, 0.29) is 17.9 Å². The van der Waals surface area contributed by atoms with Gasteiger partial charge in [0, 0.05) is 12.1 Å². The van der Waals surface area contributed by atoms with Crippen molar-refractivity contribution in [2.75, 3.05) is 13.7 Å². The highest BCUT2D eigenvalue weighted by Crippen LogP contribution is 2.40. The predicted octanol–water partition coefficient (Wildman–Crippen LogP) is 4.31. The summed E-state index contributed by atoms with van der Waals surface area (Å²) in [5.74, 6) is -0.0599. The van der Waals surface area contributed by atoms with Gasteiger partial charge >= 0.3 is 0 Å². The van der Waals surface area contributed by atoms with Gasteiger partial charge in [-0.3, -0.25) is 9.59 Å². The van der Waals surface area contributed by atoms with Crippen LogP contribution in [0.4, 0.5) is 0 Å². The van der Waals surface area contributed by atoms with E-state index in [1.54, 1.807) is 36.4 Å². The first kappa shape index (κ1) is 21.2. The van der Waals surface area contributed by atoms with Crippen molar-refractivity contribution >= 4 is 17.4 Å². The van der Waals surface area contributed by atoms with Crippen molar-refractivity contribution in [3.63, 3.8) is 0 Å². The molecule has 0 bridgehead atoms. The minimum atomic E-state index is -0.858. The lowest BCUT2D eigenvalue weighted by Crippen LogP contribution is -2.29. The Morgan fingerprint density at radius 3 is 2.50 bits per heavy atom. The summed E-state index contributed by atoms with van der Waals surface area (Å²) in [4.78, 5) is 27.4. The minimum absolute atomic E-state index is 0.0175. The molecule has 1 aliphatic rings. The predicted molar refractivity (Wildman–Crippen MR) is 117 cm³/mol. The van der Waals surface area contributed by atoms with Crippen molar-refractivity contribution in [3.8, 4) is 11.5 Å². The zero-order valence-electron chi connectivity index (χ0n) is 17.8. The van der Waals surface area contributed by atoms with Gasteiger partial charge in [0.15, 0.2) is 0 Å². The van der Waals surface area contributed by atoms with E-state index in [1.807, 2.05) is 31.2 Å². The van der Waals surface area contributed by atoms with Gasteiger partial charge in [-0.05, 0) is 61.0 Å². The first-order valence-electron chi connectivity index (χ1n) is 10.2. The number of hydrogen-bond donors (Lipinski definition) is 1. The molecule has 4 rings (SSSR count). The normalized spacial score (nSPS) is 17.6. The number of amides is 1. The van der Waals surface area contributed by atoms with Crippen molar-refractivity contribution in [2.24, 2.45) is 0 Å². The Labute approximate surface area is 185 Å². The molecule has 0 aliphatic carbocycles. The zero-order chi connectivity index (χ0) is 22.7. The average molecular weight is 433 g/mol. The standard InChI is InChI=1S/C25H23NO6/c1-3-31-19-7-4-6-16(14-19)15-26-22(20-8-5-13-32-20)21(24(28)25(26)29)23(27)17-9-11-18(30-2)12-10-17/h4-14,22,27H,3,15H2,1-2H3/b23-21-. The van der Waals surface area contributed by atoms with Crippen LogP contribution < -0.4 is 9.47 Å². The summed E-state index contributed by atoms with van der Waals surface area (Å²) in [5.41, 5.74) is 1.17. The second-order valence-corrected chi connectivity index (χ2v) is 7.25. The molecule has 1 fully saturated rings. The number of benzene rings is 2. The monoisotopic (exact) mass is 433 g/mol. The minimum Gasteiger partial charge on any atom is -0.507 e. The third kappa shape index (κ3) is 3.97. The lowest BCUT2D eigenvalue weighted by Gasteiger charge is -2.23. The maximum Gasteiger partial charge on any atom is 0.296 e. The van der Waals surface area contributed by atoms with E-state index in [4.69, 9.17) is 13.9 Å². The number of carbonyl (C=O) groups is 2. The molecular weight excluding hydrogens is 410 g/mol. The van der Waals surface area contributed by atoms with Crippen LogP contribution in [0.2, 0.25) is 0 Å². The number of Topliss-reactive ketones (excluding diaryl/α,β-unsaturated/α-hetero) is 1. The van der Waals surface area contributed by atoms with Crippen molar-refractivity contribution in [2.45, 2.75) is 19.5 Å². The third-order valence-corrected chi connectivity index (χ3v) is 5.28. The summed E-state index contributed by atoms with van der Waals surface area (Å²) < 4.78 is 16.3. The number of methoxy groups -OCH3 is 1. The molecule has 1 amide bonds. The van der Waals surface area contributed by atoms with Gasteiger partial charge < -0.3 is 23.9 Å². The second-order valence-electron chi connectivity index (χ2n) is 7.25. The molecule has 1 unspecified atom stereocenters. The third-order valence-electron chi connectivity index (χ3n) is 5.28. The van der Waals surface area contributed by atoms with Crippen LogP contribution in [0.25, 0.3) is 5.76 Å². The first-order valence-corrected chi connectivity index (χ1v) is 10.2. The van der Waals surface area contributed by atoms with Gasteiger partial charge in [0.1, 0.15) is 29.1 Å². The molecule has 32 heavy (non-hydrogen) atoms. The molecule has 1 aromatic heterocycles. The number of ether oxygens (including phenoxy) is 2. The van der Waals surface area contributed by atoms with Crippen LogP contribution in [0.5, 0.6) is 11.5 Å². The molecule has 2 heterocycles. The lowest BCUT2D eigenvalue weighted by molar-refractivity contribution is -0.140. The molecule has 7 nitrogen and oxygen atoms in total. The van der Waals surface area contributed by atoms with E-state index in [1.165, 1.54) is 18.3 Å². The highest BCUT2D eigenvalue weighted by atomic mass is 16.5. The number of carbonyl (C=O) groups excluding carboxylic acids is 2. The Morgan fingerprint density at radius 2 is 1.84 bits per heavy atom. The molecule has 0 spiro atoms. The van der Waals surface area contributed by atoms with E-state index >= 15 is 0 Å². The number of aliphatic hydroxyl groups excluding tert-OH is 1. The Balaban J connectivity index is 1.76. The summed E-state index contributed by atoms with van der Waals surface area (Å²) in [7, 11) is 1.54. The van der Waals surface area contributed by atoms with Crippen LogP contribution in [0.3, 0.4) is 0 Å². The van der Waals surface area contributed by atoms with Crippen molar-refractivity contribution in [1.82, 2.24) is 4.90 Å². The summed E-state index contributed by atoms with van der Waals surface area (Å²) in [6.07, 6.45) is 1.47. The zero-order valence-corrected chi connectivity index (χ0v) is 17.8. The highest BCUT2D eigenvalue weighted by molar-refractivity contribution is 6.46. The molecule has 3 aromatic rings. The van der Waals surface area contributed by atoms with Crippen molar-refractivity contribution in [1.29, 1.82) is 0 Å². The average Bonchev–Trinajstić information content (AvgIpc) is 3.42. The lowest BCUT2D eigenvalue weighted by atomic mass is 9.99. The largest absolute Gasteiger partial charge is 0.507 e. The van der Waals surface area contributed by atoms with Gasteiger partial charge in [-0.1, -0.05) is 12.1 Å². The van der Waals surface area contributed by atoms with Gasteiger partial charge in [-0.2, -0.15) is 0 Å². The Hall–Kier alpha value is -4.00. The molecule has 0 radical (unpaired) electrons. The maximum absolute atomic E-state index is 13.0. The topological polar surface area (TPSA) is 89.2 Å². The summed E-state index contributed by atoms with van der Waals surface area (Å²) in [6.45, 7) is 2.56. The van der Waals surface area contributed by atoms with Gasteiger partial charge in [-0.25, -0.2) is 0 Å². The van der Waals surface area contributed by atoms with Crippen molar-refractivity contribution in [3.05, 3.63) is 89.4 Å². The van der Waals surface area contributed by atoms with Crippen LogP contribution in [-0.2, 0) is 16.1 Å².